The highest BCUT2D eigenvalue weighted by atomic mass is 127. The molecule has 8 heteroatoms. The van der Waals surface area contributed by atoms with E-state index >= 15 is 0 Å². The lowest BCUT2D eigenvalue weighted by molar-refractivity contribution is 0.0225. The second-order valence-corrected chi connectivity index (χ2v) is 9.22. The van der Waals surface area contributed by atoms with E-state index in [0.29, 0.717) is 30.2 Å². The molecule has 0 saturated carbocycles. The van der Waals surface area contributed by atoms with Gasteiger partial charge in [-0.15, -0.1) is 0 Å². The summed E-state index contributed by atoms with van der Waals surface area (Å²) in [6.07, 6.45) is 0.338. The minimum absolute atomic E-state index is 0.176. The van der Waals surface area contributed by atoms with Gasteiger partial charge < -0.3 is 9.64 Å². The van der Waals surface area contributed by atoms with Crippen molar-refractivity contribution in [2.75, 3.05) is 11.9 Å². The van der Waals surface area contributed by atoms with E-state index in [4.69, 9.17) is 4.74 Å². The van der Waals surface area contributed by atoms with Crippen LogP contribution in [0.4, 0.5) is 9.93 Å². The predicted octanol–water partition coefficient (Wildman–Crippen LogP) is 4.29. The van der Waals surface area contributed by atoms with E-state index in [1.165, 1.54) is 11.3 Å². The topological polar surface area (TPSA) is 71.5 Å². The molecule has 0 aliphatic carbocycles. The number of nitrogens with one attached hydrogen (secondary N) is 1. The number of halogens is 1. The largest absolute Gasteiger partial charge is 0.444 e. The van der Waals surface area contributed by atoms with E-state index in [-0.39, 0.29) is 12.0 Å². The first-order valence-electron chi connectivity index (χ1n) is 8.25. The Hall–Kier alpha value is -1.68. The summed E-state index contributed by atoms with van der Waals surface area (Å²) in [5, 5.41) is 3.43. The zero-order valence-electron chi connectivity index (χ0n) is 14.8. The maximum atomic E-state index is 12.4. The molecule has 3 rings (SSSR count). The zero-order chi connectivity index (χ0) is 18.9. The van der Waals surface area contributed by atoms with Gasteiger partial charge in [-0.2, -0.15) is 0 Å². The lowest BCUT2D eigenvalue weighted by Gasteiger charge is -2.29. The first-order valence-corrected chi connectivity index (χ1v) is 10.1. The quantitative estimate of drug-likeness (QED) is 0.645. The number of anilines is 1. The van der Waals surface area contributed by atoms with E-state index < -0.39 is 5.60 Å². The number of hydrogen-bond acceptors (Lipinski definition) is 5. The number of carbonyl (C=O) groups is 2. The normalized spacial score (nSPS) is 13.9. The molecule has 0 radical (unpaired) electrons. The number of thiazole rings is 1. The lowest BCUT2D eigenvalue weighted by Crippen LogP contribution is -2.39. The molecule has 138 valence electrons. The van der Waals surface area contributed by atoms with Crippen LogP contribution in [0.25, 0.3) is 0 Å². The number of benzene rings is 1. The summed E-state index contributed by atoms with van der Waals surface area (Å²) in [4.78, 5) is 31.9. The lowest BCUT2D eigenvalue weighted by atomic mass is 10.2. The van der Waals surface area contributed by atoms with Crippen molar-refractivity contribution >= 4 is 51.1 Å². The van der Waals surface area contributed by atoms with Gasteiger partial charge in [-0.1, -0.05) is 23.5 Å². The van der Waals surface area contributed by atoms with Crippen molar-refractivity contribution in [2.24, 2.45) is 0 Å². The Morgan fingerprint density at radius 2 is 2.04 bits per heavy atom. The van der Waals surface area contributed by atoms with Gasteiger partial charge in [-0.25, -0.2) is 9.78 Å². The Labute approximate surface area is 170 Å². The highest BCUT2D eigenvalue weighted by Gasteiger charge is 2.28. The highest BCUT2D eigenvalue weighted by Crippen LogP contribution is 2.29. The highest BCUT2D eigenvalue weighted by molar-refractivity contribution is 14.1. The number of fused-ring (bicyclic) bond motifs is 1. The standard InChI is InChI=1S/C18H20IN3O3S/c1-18(2,3)25-17(24)22-9-8-13-14(10-22)26-16(20-13)21-15(23)11-6-4-5-7-12(11)19/h4-7H,8-10H2,1-3H3,(H,20,21,23). The summed E-state index contributed by atoms with van der Waals surface area (Å²) in [6, 6.07) is 7.41. The molecule has 0 fully saturated rings. The van der Waals surface area contributed by atoms with Crippen molar-refractivity contribution in [3.8, 4) is 0 Å². The number of amides is 2. The Morgan fingerprint density at radius 3 is 2.73 bits per heavy atom. The van der Waals surface area contributed by atoms with Crippen molar-refractivity contribution < 1.29 is 14.3 Å². The molecular weight excluding hydrogens is 465 g/mol. The molecule has 6 nitrogen and oxygen atoms in total. The third-order valence-electron chi connectivity index (χ3n) is 3.72. The minimum atomic E-state index is -0.517. The number of rotatable bonds is 2. The summed E-state index contributed by atoms with van der Waals surface area (Å²) in [5.74, 6) is -0.176. The van der Waals surface area contributed by atoms with Crippen molar-refractivity contribution in [2.45, 2.75) is 39.3 Å². The van der Waals surface area contributed by atoms with Gasteiger partial charge in [0.1, 0.15) is 5.60 Å². The van der Waals surface area contributed by atoms with Crippen LogP contribution in [-0.4, -0.2) is 34.0 Å². The second kappa shape index (κ2) is 7.51. The van der Waals surface area contributed by atoms with E-state index in [1.807, 2.05) is 39.0 Å². The Bertz CT molecular complexity index is 844. The van der Waals surface area contributed by atoms with E-state index in [9.17, 15) is 9.59 Å². The number of carbonyl (C=O) groups excluding carboxylic acids is 2. The number of ether oxygens (including phenoxy) is 1. The monoisotopic (exact) mass is 485 g/mol. The van der Waals surface area contributed by atoms with Crippen LogP contribution in [0.2, 0.25) is 0 Å². The van der Waals surface area contributed by atoms with E-state index in [1.54, 1.807) is 11.0 Å². The molecule has 1 aliphatic heterocycles. The van der Waals surface area contributed by atoms with Crippen LogP contribution in [0.3, 0.4) is 0 Å². The fourth-order valence-corrected chi connectivity index (χ4v) is 4.19. The van der Waals surface area contributed by atoms with E-state index in [0.717, 1.165) is 14.1 Å². The average Bonchev–Trinajstić information content (AvgIpc) is 2.94. The molecule has 0 saturated heterocycles. The molecular formula is C18H20IN3O3S. The maximum absolute atomic E-state index is 12.4. The number of hydrogen-bond donors (Lipinski definition) is 1. The molecule has 2 aromatic rings. The van der Waals surface area contributed by atoms with Crippen LogP contribution in [0.5, 0.6) is 0 Å². The fraction of sp³-hybridized carbons (Fsp3) is 0.389. The molecule has 0 unspecified atom stereocenters. The summed E-state index contributed by atoms with van der Waals surface area (Å²) in [6.45, 7) is 6.58. The van der Waals surface area contributed by atoms with Crippen LogP contribution in [0, 0.1) is 3.57 Å². The molecule has 0 bridgehead atoms. The number of nitrogens with zero attached hydrogens (tertiary/aromatic N) is 2. The molecule has 26 heavy (non-hydrogen) atoms. The zero-order valence-corrected chi connectivity index (χ0v) is 17.8. The molecule has 1 aliphatic rings. The molecule has 0 spiro atoms. The molecule has 1 N–H and O–H groups in total. The van der Waals surface area contributed by atoms with Crippen LogP contribution in [-0.2, 0) is 17.7 Å². The van der Waals surface area contributed by atoms with Crippen molar-refractivity contribution in [3.63, 3.8) is 0 Å². The van der Waals surface area contributed by atoms with Crippen molar-refractivity contribution in [1.82, 2.24) is 9.88 Å². The van der Waals surface area contributed by atoms with E-state index in [2.05, 4.69) is 32.9 Å². The Balaban J connectivity index is 1.69. The first-order chi connectivity index (χ1) is 12.2. The molecule has 1 aromatic carbocycles. The van der Waals surface area contributed by atoms with Gasteiger partial charge in [-0.3, -0.25) is 10.1 Å². The fourth-order valence-electron chi connectivity index (χ4n) is 2.54. The van der Waals surface area contributed by atoms with Crippen molar-refractivity contribution in [3.05, 3.63) is 44.0 Å². The summed E-state index contributed by atoms with van der Waals surface area (Å²) < 4.78 is 6.32. The molecule has 2 heterocycles. The third-order valence-corrected chi connectivity index (χ3v) is 5.66. The van der Waals surface area contributed by atoms with Crippen LogP contribution >= 0.6 is 33.9 Å². The smallest absolute Gasteiger partial charge is 0.410 e. The second-order valence-electron chi connectivity index (χ2n) is 6.97. The van der Waals surface area contributed by atoms with Gasteiger partial charge >= 0.3 is 6.09 Å². The summed E-state index contributed by atoms with van der Waals surface area (Å²) >= 11 is 3.55. The first kappa shape index (κ1) is 19.1. The molecule has 0 atom stereocenters. The third kappa shape index (κ3) is 4.53. The van der Waals surface area contributed by atoms with Crippen LogP contribution in [0.1, 0.15) is 41.7 Å². The Morgan fingerprint density at radius 1 is 1.31 bits per heavy atom. The van der Waals surface area contributed by atoms with Gasteiger partial charge in [0.2, 0.25) is 0 Å². The maximum Gasteiger partial charge on any atom is 0.410 e. The number of aromatic nitrogens is 1. The predicted molar refractivity (Wildman–Crippen MR) is 110 cm³/mol. The van der Waals surface area contributed by atoms with Crippen molar-refractivity contribution in [1.29, 1.82) is 0 Å². The van der Waals surface area contributed by atoms with Gasteiger partial charge in [0.25, 0.3) is 5.91 Å². The van der Waals surface area contributed by atoms with Gasteiger partial charge in [0, 0.05) is 21.4 Å². The van der Waals surface area contributed by atoms with Crippen LogP contribution in [0.15, 0.2) is 24.3 Å². The SMILES string of the molecule is CC(C)(C)OC(=O)N1CCc2nc(NC(=O)c3ccccc3I)sc2C1. The van der Waals surface area contributed by atoms with Gasteiger partial charge in [0.15, 0.2) is 5.13 Å². The molecule has 1 aromatic heterocycles. The van der Waals surface area contributed by atoms with Gasteiger partial charge in [0.05, 0.1) is 17.8 Å². The Kier molecular flexibility index (Phi) is 5.52. The minimum Gasteiger partial charge on any atom is -0.444 e. The molecule has 2 amide bonds. The van der Waals surface area contributed by atoms with Gasteiger partial charge in [-0.05, 0) is 55.5 Å². The summed E-state index contributed by atoms with van der Waals surface area (Å²) in [5.41, 5.74) is 1.04. The summed E-state index contributed by atoms with van der Waals surface area (Å²) in [7, 11) is 0. The average molecular weight is 485 g/mol. The van der Waals surface area contributed by atoms with Crippen LogP contribution < -0.4 is 5.32 Å².